The van der Waals surface area contributed by atoms with Crippen LogP contribution in [0.4, 0.5) is 0 Å². The van der Waals surface area contributed by atoms with Gasteiger partial charge in [-0.3, -0.25) is 9.09 Å². The number of carboxylic acids is 1. The van der Waals surface area contributed by atoms with Crippen molar-refractivity contribution < 1.29 is 23.9 Å². The summed E-state index contributed by atoms with van der Waals surface area (Å²) in [7, 11) is -4.23. The Morgan fingerprint density at radius 3 is 2.29 bits per heavy atom. The zero-order valence-corrected chi connectivity index (χ0v) is 16.5. The van der Waals surface area contributed by atoms with Gasteiger partial charge in [0.2, 0.25) is 0 Å². The van der Waals surface area contributed by atoms with Crippen molar-refractivity contribution in [2.45, 2.75) is 31.5 Å². The lowest BCUT2D eigenvalue weighted by atomic mass is 9.88. The van der Waals surface area contributed by atoms with Crippen LogP contribution in [0.25, 0.3) is 10.8 Å². The maximum Gasteiger partial charge on any atom is 0.341 e. The van der Waals surface area contributed by atoms with Gasteiger partial charge in [0.25, 0.3) is 0 Å². The third kappa shape index (κ3) is 4.33. The van der Waals surface area contributed by atoms with Crippen molar-refractivity contribution in [3.05, 3.63) is 83.9 Å². The number of carbonyl (C=O) groups is 1. The molecule has 0 aliphatic heterocycles. The Hall–Kier alpha value is -2.46. The highest BCUT2D eigenvalue weighted by molar-refractivity contribution is 7.52. The van der Waals surface area contributed by atoms with Crippen LogP contribution in [0.5, 0.6) is 0 Å². The Labute approximate surface area is 164 Å². The van der Waals surface area contributed by atoms with Crippen molar-refractivity contribution in [1.29, 1.82) is 0 Å². The normalized spacial score (nSPS) is 15.6. The number of aliphatic carboxylic acids is 1. The Balaban J connectivity index is 2.03. The van der Waals surface area contributed by atoms with Crippen LogP contribution in [0.3, 0.4) is 0 Å². The first-order valence-electron chi connectivity index (χ1n) is 9.15. The maximum atomic E-state index is 12.9. The number of rotatable bonds is 8. The van der Waals surface area contributed by atoms with Crippen LogP contribution in [0.2, 0.25) is 0 Å². The van der Waals surface area contributed by atoms with Crippen molar-refractivity contribution in [2.75, 3.05) is 0 Å². The molecule has 0 saturated carbocycles. The van der Waals surface area contributed by atoms with Gasteiger partial charge < -0.3 is 10.00 Å². The zero-order chi connectivity index (χ0) is 20.2. The average Bonchev–Trinajstić information content (AvgIpc) is 2.67. The highest BCUT2D eigenvalue weighted by Gasteiger charge is 2.46. The molecule has 0 spiro atoms. The van der Waals surface area contributed by atoms with Gasteiger partial charge in [0.05, 0.1) is 6.16 Å². The van der Waals surface area contributed by atoms with Crippen LogP contribution >= 0.6 is 7.60 Å². The lowest BCUT2D eigenvalue weighted by Crippen LogP contribution is -2.38. The molecule has 0 aliphatic carbocycles. The van der Waals surface area contributed by atoms with E-state index in [9.17, 15) is 19.4 Å². The van der Waals surface area contributed by atoms with Crippen LogP contribution in [0.1, 0.15) is 30.9 Å². The molecule has 2 N–H and O–H groups in total. The average molecular weight is 398 g/mol. The zero-order valence-electron chi connectivity index (χ0n) is 15.6. The highest BCUT2D eigenvalue weighted by Crippen LogP contribution is 2.53. The quantitative estimate of drug-likeness (QED) is 0.502. The van der Waals surface area contributed by atoms with Crippen LogP contribution < -0.4 is 0 Å². The molecule has 3 aromatic rings. The van der Waals surface area contributed by atoms with E-state index < -0.39 is 19.2 Å². The van der Waals surface area contributed by atoms with Gasteiger partial charge in [-0.2, -0.15) is 0 Å². The molecule has 0 aromatic heterocycles. The predicted molar refractivity (Wildman–Crippen MR) is 109 cm³/mol. The Morgan fingerprint density at radius 2 is 1.64 bits per heavy atom. The molecule has 0 amide bonds. The second-order valence-electron chi connectivity index (χ2n) is 6.82. The van der Waals surface area contributed by atoms with Gasteiger partial charge in [-0.1, -0.05) is 80.1 Å². The van der Waals surface area contributed by atoms with Crippen molar-refractivity contribution in [2.24, 2.45) is 0 Å². The van der Waals surface area contributed by atoms with E-state index in [1.54, 1.807) is 48.5 Å². The molecule has 6 heteroatoms. The fourth-order valence-electron chi connectivity index (χ4n) is 3.39. The molecule has 0 saturated heterocycles. The Morgan fingerprint density at radius 1 is 1.00 bits per heavy atom. The van der Waals surface area contributed by atoms with E-state index in [-0.39, 0.29) is 12.6 Å². The van der Waals surface area contributed by atoms with Gasteiger partial charge in [-0.15, -0.1) is 0 Å². The smallest absolute Gasteiger partial charge is 0.341 e. The topological polar surface area (TPSA) is 83.8 Å². The molecule has 0 radical (unpaired) electrons. The summed E-state index contributed by atoms with van der Waals surface area (Å²) in [5, 5.41) is 11.9. The van der Waals surface area contributed by atoms with E-state index in [0.717, 1.165) is 10.8 Å². The van der Waals surface area contributed by atoms with Gasteiger partial charge in [0, 0.05) is 0 Å². The first-order chi connectivity index (χ1) is 13.4. The number of hydrogen-bond acceptors (Lipinski definition) is 3. The minimum Gasteiger partial charge on any atom is -0.479 e. The summed E-state index contributed by atoms with van der Waals surface area (Å²) in [6.07, 6.45) is 0.310. The van der Waals surface area contributed by atoms with E-state index in [1.807, 2.05) is 31.2 Å². The third-order valence-electron chi connectivity index (χ3n) is 4.69. The van der Waals surface area contributed by atoms with E-state index >= 15 is 0 Å². The molecule has 3 rings (SSSR count). The van der Waals surface area contributed by atoms with E-state index in [1.165, 1.54) is 0 Å². The van der Waals surface area contributed by atoms with E-state index in [2.05, 4.69) is 0 Å². The van der Waals surface area contributed by atoms with Crippen molar-refractivity contribution in [1.82, 2.24) is 0 Å². The van der Waals surface area contributed by atoms with E-state index in [0.29, 0.717) is 17.5 Å². The van der Waals surface area contributed by atoms with Crippen LogP contribution in [-0.2, 0) is 25.6 Å². The molecule has 3 aromatic carbocycles. The molecule has 5 nitrogen and oxygen atoms in total. The molecule has 146 valence electrons. The van der Waals surface area contributed by atoms with Gasteiger partial charge >= 0.3 is 13.6 Å². The van der Waals surface area contributed by atoms with E-state index in [4.69, 9.17) is 4.52 Å². The van der Waals surface area contributed by atoms with Gasteiger partial charge in [-0.25, -0.2) is 4.79 Å². The van der Waals surface area contributed by atoms with Crippen molar-refractivity contribution >= 4 is 24.3 Å². The molecule has 0 fully saturated rings. The molecular weight excluding hydrogens is 375 g/mol. The maximum absolute atomic E-state index is 12.9. The summed E-state index contributed by atoms with van der Waals surface area (Å²) in [6, 6.07) is 21.5. The standard InChI is InChI=1S/C22H23O5P/c1-2-14-22(21(23)24,20-13-12-18-10-6-7-11-19(18)15-20)27-28(25,26)16-17-8-4-3-5-9-17/h3-13,15H,2,14,16H2,1H3,(H,23,24)(H,25,26). The van der Waals surface area contributed by atoms with Gasteiger partial charge in [-0.05, 0) is 34.4 Å². The number of benzene rings is 3. The minimum absolute atomic E-state index is 0.0833. The number of carboxylic acid groups (broad SMARTS) is 1. The SMILES string of the molecule is CCCC(OP(=O)(O)Cc1ccccc1)(C(=O)O)c1ccc2ccccc2c1. The van der Waals surface area contributed by atoms with Crippen molar-refractivity contribution in [3.8, 4) is 0 Å². The Bertz CT molecular complexity index is 1020. The summed E-state index contributed by atoms with van der Waals surface area (Å²) < 4.78 is 18.5. The molecular formula is C22H23O5P. The molecule has 0 bridgehead atoms. The molecule has 0 aliphatic rings. The summed E-state index contributed by atoms with van der Waals surface area (Å²) in [4.78, 5) is 22.8. The lowest BCUT2D eigenvalue weighted by Gasteiger charge is -2.32. The summed E-state index contributed by atoms with van der Waals surface area (Å²) in [6.45, 7) is 1.82. The lowest BCUT2D eigenvalue weighted by molar-refractivity contribution is -0.158. The predicted octanol–water partition coefficient (Wildman–Crippen LogP) is 5.32. The molecule has 2 atom stereocenters. The van der Waals surface area contributed by atoms with Crippen LogP contribution in [0.15, 0.2) is 72.8 Å². The number of fused-ring (bicyclic) bond motifs is 1. The monoisotopic (exact) mass is 398 g/mol. The van der Waals surface area contributed by atoms with Crippen LogP contribution in [-0.4, -0.2) is 16.0 Å². The minimum atomic E-state index is -4.23. The molecule has 2 unspecified atom stereocenters. The van der Waals surface area contributed by atoms with Gasteiger partial charge in [0.15, 0.2) is 5.60 Å². The summed E-state index contributed by atoms with van der Waals surface area (Å²) >= 11 is 0. The molecule has 0 heterocycles. The largest absolute Gasteiger partial charge is 0.479 e. The fourth-order valence-corrected chi connectivity index (χ4v) is 4.89. The van der Waals surface area contributed by atoms with Crippen molar-refractivity contribution in [3.63, 3.8) is 0 Å². The second-order valence-corrected chi connectivity index (χ2v) is 8.59. The number of hydrogen-bond donors (Lipinski definition) is 2. The summed E-state index contributed by atoms with van der Waals surface area (Å²) in [5.74, 6) is -1.27. The summed E-state index contributed by atoms with van der Waals surface area (Å²) in [5.41, 5.74) is -0.914. The third-order valence-corrected chi connectivity index (χ3v) is 6.05. The van der Waals surface area contributed by atoms with Crippen LogP contribution in [0, 0.1) is 0 Å². The second kappa shape index (κ2) is 8.27. The Kier molecular flexibility index (Phi) is 5.99. The molecule has 28 heavy (non-hydrogen) atoms. The first-order valence-corrected chi connectivity index (χ1v) is 10.9. The van der Waals surface area contributed by atoms with Gasteiger partial charge in [0.1, 0.15) is 0 Å². The highest BCUT2D eigenvalue weighted by atomic mass is 31.2. The fraction of sp³-hybridized carbons (Fsp3) is 0.227. The first kappa shape index (κ1) is 20.3.